The van der Waals surface area contributed by atoms with Gasteiger partial charge in [0.2, 0.25) is 5.91 Å². The van der Waals surface area contributed by atoms with Crippen molar-refractivity contribution < 1.29 is 9.72 Å². The van der Waals surface area contributed by atoms with Gasteiger partial charge in [0, 0.05) is 34.2 Å². The molecule has 0 aliphatic carbocycles. The molecule has 0 saturated carbocycles. The van der Waals surface area contributed by atoms with Crippen molar-refractivity contribution in [2.24, 2.45) is 0 Å². The van der Waals surface area contributed by atoms with Gasteiger partial charge in [0.15, 0.2) is 5.13 Å². The molecule has 1 unspecified atom stereocenters. The molecule has 0 aliphatic heterocycles. The number of rotatable bonds is 8. The number of nitrogens with zero attached hydrogens (tertiary/aromatic N) is 4. The number of hydrogen-bond donors (Lipinski definition) is 1. The molecule has 196 valence electrons. The number of anilines is 1. The molecule has 5 aromatic rings. The van der Waals surface area contributed by atoms with E-state index >= 15 is 0 Å². The monoisotopic (exact) mass is 563 g/mol. The topological polar surface area (TPSA) is 122 Å². The Kier molecular flexibility index (Phi) is 7.96. The molecule has 8 nitrogen and oxygen atoms in total. The number of nitro benzene ring substituents is 1. The average molecular weight is 564 g/mol. The van der Waals surface area contributed by atoms with Crippen molar-refractivity contribution in [3.05, 3.63) is 112 Å². The van der Waals surface area contributed by atoms with Crippen LogP contribution >= 0.6 is 23.1 Å². The summed E-state index contributed by atoms with van der Waals surface area (Å²) in [5.74, 6) is -0.304. The fraction of sp³-hybridized carbons (Fsp3) is 0.0667. The molecule has 1 atom stereocenters. The first-order valence-electron chi connectivity index (χ1n) is 12.2. The summed E-state index contributed by atoms with van der Waals surface area (Å²) in [5, 5.41) is 26.0. The quantitative estimate of drug-likeness (QED) is 0.118. The third kappa shape index (κ3) is 5.91. The molecule has 0 bridgehead atoms. The highest BCUT2D eigenvalue weighted by atomic mass is 32.2. The second kappa shape index (κ2) is 11.9. The molecule has 1 N–H and O–H groups in total. The van der Waals surface area contributed by atoms with Crippen LogP contribution in [-0.4, -0.2) is 26.0 Å². The van der Waals surface area contributed by atoms with Crippen molar-refractivity contribution in [3.8, 4) is 39.7 Å². The van der Waals surface area contributed by atoms with Crippen LogP contribution in [0.3, 0.4) is 0 Å². The number of nitriles is 1. The van der Waals surface area contributed by atoms with Crippen LogP contribution in [0.5, 0.6) is 0 Å². The molecule has 2 aromatic heterocycles. The number of amides is 1. The largest absolute Gasteiger partial charge is 0.301 e. The van der Waals surface area contributed by atoms with Crippen molar-refractivity contribution in [1.82, 2.24) is 9.97 Å². The third-order valence-electron chi connectivity index (χ3n) is 6.00. The number of pyridine rings is 1. The lowest BCUT2D eigenvalue weighted by molar-refractivity contribution is -0.384. The summed E-state index contributed by atoms with van der Waals surface area (Å²) in [6, 6.07) is 29.7. The molecule has 1 amide bonds. The maximum atomic E-state index is 13.2. The van der Waals surface area contributed by atoms with Crippen LogP contribution in [0.15, 0.2) is 101 Å². The summed E-state index contributed by atoms with van der Waals surface area (Å²) in [5.41, 5.74) is 4.72. The van der Waals surface area contributed by atoms with Gasteiger partial charge in [-0.15, -0.1) is 11.3 Å². The number of non-ortho nitro benzene ring substituents is 1. The van der Waals surface area contributed by atoms with Gasteiger partial charge in [0.25, 0.3) is 5.69 Å². The normalized spacial score (nSPS) is 11.4. The second-order valence-electron chi connectivity index (χ2n) is 8.67. The number of nitrogens with one attached hydrogen (secondary N) is 1. The van der Waals surface area contributed by atoms with Gasteiger partial charge in [-0.3, -0.25) is 14.9 Å². The van der Waals surface area contributed by atoms with Crippen molar-refractivity contribution in [2.75, 3.05) is 5.32 Å². The highest BCUT2D eigenvalue weighted by Gasteiger charge is 2.22. The number of aromatic nitrogens is 2. The van der Waals surface area contributed by atoms with Gasteiger partial charge in [0.05, 0.1) is 27.1 Å². The van der Waals surface area contributed by atoms with Crippen molar-refractivity contribution in [1.29, 1.82) is 5.26 Å². The molecular weight excluding hydrogens is 542 g/mol. The minimum atomic E-state index is -0.598. The average Bonchev–Trinajstić information content (AvgIpc) is 3.46. The molecule has 0 aliphatic rings. The second-order valence-corrected chi connectivity index (χ2v) is 10.9. The van der Waals surface area contributed by atoms with Crippen LogP contribution in [0.4, 0.5) is 10.8 Å². The van der Waals surface area contributed by atoms with Gasteiger partial charge in [-0.05, 0) is 18.6 Å². The van der Waals surface area contributed by atoms with Gasteiger partial charge < -0.3 is 5.32 Å². The summed E-state index contributed by atoms with van der Waals surface area (Å²) in [6.07, 6.45) is 0. The highest BCUT2D eigenvalue weighted by Crippen LogP contribution is 2.36. The predicted molar refractivity (Wildman–Crippen MR) is 158 cm³/mol. The van der Waals surface area contributed by atoms with Crippen molar-refractivity contribution in [3.63, 3.8) is 0 Å². The van der Waals surface area contributed by atoms with Gasteiger partial charge in [-0.1, -0.05) is 84.6 Å². The van der Waals surface area contributed by atoms with Gasteiger partial charge in [-0.2, -0.15) is 5.26 Å². The van der Waals surface area contributed by atoms with E-state index in [1.807, 2.05) is 66.7 Å². The molecule has 2 heterocycles. The molecule has 0 spiro atoms. The Morgan fingerprint density at radius 3 is 2.30 bits per heavy atom. The summed E-state index contributed by atoms with van der Waals surface area (Å²) in [6.45, 7) is 1.75. The predicted octanol–water partition coefficient (Wildman–Crippen LogP) is 7.44. The smallest absolute Gasteiger partial charge is 0.270 e. The Labute approximate surface area is 238 Å². The van der Waals surface area contributed by atoms with E-state index in [1.165, 1.54) is 35.2 Å². The zero-order chi connectivity index (χ0) is 28.1. The lowest BCUT2D eigenvalue weighted by atomic mass is 9.99. The first-order valence-corrected chi connectivity index (χ1v) is 13.9. The molecule has 3 aromatic carbocycles. The summed E-state index contributed by atoms with van der Waals surface area (Å²) < 4.78 is 0. The Balaban J connectivity index is 1.41. The molecule has 0 fully saturated rings. The fourth-order valence-electron chi connectivity index (χ4n) is 3.99. The number of hydrogen-bond acceptors (Lipinski definition) is 8. The first kappa shape index (κ1) is 26.7. The molecule has 40 heavy (non-hydrogen) atoms. The standard InChI is InChI=1S/C30H21N5O3S2/c1-19(28(36)34-30-33-27(18-39-30)22-13-8-14-23(15-22)35(37)38)40-29-25(17-31)24(20-9-4-2-5-10-20)16-26(32-29)21-11-6-3-7-12-21/h2-16,18-19H,1H3,(H,33,34,36). The minimum Gasteiger partial charge on any atom is -0.301 e. The van der Waals surface area contributed by atoms with E-state index in [-0.39, 0.29) is 11.6 Å². The fourth-order valence-corrected chi connectivity index (χ4v) is 5.64. The Hall–Kier alpha value is -4.85. The van der Waals surface area contributed by atoms with E-state index < -0.39 is 10.2 Å². The maximum Gasteiger partial charge on any atom is 0.270 e. The van der Waals surface area contributed by atoms with Crippen molar-refractivity contribution in [2.45, 2.75) is 17.2 Å². The number of carbonyl (C=O) groups is 1. The lowest BCUT2D eigenvalue weighted by Crippen LogP contribution is -2.22. The third-order valence-corrected chi connectivity index (χ3v) is 7.84. The summed E-state index contributed by atoms with van der Waals surface area (Å²) in [7, 11) is 0. The van der Waals surface area contributed by atoms with E-state index in [0.717, 1.165) is 16.7 Å². The number of thioether (sulfide) groups is 1. The van der Waals surface area contributed by atoms with E-state index in [1.54, 1.807) is 24.4 Å². The zero-order valence-electron chi connectivity index (χ0n) is 21.1. The van der Waals surface area contributed by atoms with Crippen molar-refractivity contribution >= 4 is 39.8 Å². The Morgan fingerprint density at radius 1 is 0.950 bits per heavy atom. The van der Waals surface area contributed by atoms with Crippen LogP contribution in [0.25, 0.3) is 33.6 Å². The first-order chi connectivity index (χ1) is 19.4. The Bertz CT molecular complexity index is 1730. The summed E-state index contributed by atoms with van der Waals surface area (Å²) >= 11 is 2.43. The van der Waals surface area contributed by atoms with E-state index in [2.05, 4.69) is 16.4 Å². The number of carbonyl (C=O) groups excluding carboxylic acids is 1. The maximum absolute atomic E-state index is 13.2. The van der Waals surface area contributed by atoms with Gasteiger partial charge in [-0.25, -0.2) is 9.97 Å². The molecular formula is C30H21N5O3S2. The van der Waals surface area contributed by atoms with Gasteiger partial charge >= 0.3 is 0 Å². The van der Waals surface area contributed by atoms with E-state index in [9.17, 15) is 20.2 Å². The number of thiazole rings is 1. The SMILES string of the molecule is CC(Sc1nc(-c2ccccc2)cc(-c2ccccc2)c1C#N)C(=O)Nc1nc(-c2cccc([N+](=O)[O-])c2)cs1. The number of nitro groups is 1. The molecule has 10 heteroatoms. The highest BCUT2D eigenvalue weighted by molar-refractivity contribution is 8.00. The van der Waals surface area contributed by atoms with E-state index in [0.29, 0.717) is 32.7 Å². The lowest BCUT2D eigenvalue weighted by Gasteiger charge is -2.15. The summed E-state index contributed by atoms with van der Waals surface area (Å²) in [4.78, 5) is 33.0. The molecule has 0 radical (unpaired) electrons. The number of benzene rings is 3. The Morgan fingerprint density at radius 2 is 1.62 bits per heavy atom. The van der Waals surface area contributed by atoms with Crippen LogP contribution in [-0.2, 0) is 4.79 Å². The minimum absolute atomic E-state index is 0.0329. The van der Waals surface area contributed by atoms with E-state index in [4.69, 9.17) is 4.98 Å². The zero-order valence-corrected chi connectivity index (χ0v) is 22.8. The van der Waals surface area contributed by atoms with Gasteiger partial charge in [0.1, 0.15) is 11.1 Å². The van der Waals surface area contributed by atoms with Crippen LogP contribution in [0.1, 0.15) is 12.5 Å². The van der Waals surface area contributed by atoms with Crippen LogP contribution in [0.2, 0.25) is 0 Å². The van der Waals surface area contributed by atoms with Crippen LogP contribution in [0, 0.1) is 21.4 Å². The molecule has 0 saturated heterocycles. The van der Waals surface area contributed by atoms with Crippen LogP contribution < -0.4 is 5.32 Å². The molecule has 5 rings (SSSR count).